The third-order valence-electron chi connectivity index (χ3n) is 3.79. The lowest BCUT2D eigenvalue weighted by molar-refractivity contribution is 0.111. The van der Waals surface area contributed by atoms with Gasteiger partial charge in [-0.3, -0.25) is 0 Å². The fraction of sp³-hybridized carbons (Fsp3) is 0.250. The van der Waals surface area contributed by atoms with Crippen molar-refractivity contribution in [3.05, 3.63) is 76.6 Å². The molecular formula is C20H22N2O2S. The van der Waals surface area contributed by atoms with E-state index in [1.807, 2.05) is 49.4 Å². The summed E-state index contributed by atoms with van der Waals surface area (Å²) in [6, 6.07) is 15.7. The highest BCUT2D eigenvalue weighted by Crippen LogP contribution is 2.17. The van der Waals surface area contributed by atoms with Crippen LogP contribution in [0.2, 0.25) is 0 Å². The highest BCUT2D eigenvalue weighted by Gasteiger charge is 2.15. The maximum Gasteiger partial charge on any atom is 0.128 e. The van der Waals surface area contributed by atoms with Gasteiger partial charge in [0.15, 0.2) is 0 Å². The number of nitrogens with zero attached hydrogens (tertiary/aromatic N) is 2. The Morgan fingerprint density at radius 2 is 2.12 bits per heavy atom. The van der Waals surface area contributed by atoms with Gasteiger partial charge in [-0.25, -0.2) is 4.98 Å². The lowest BCUT2D eigenvalue weighted by Crippen LogP contribution is -2.35. The molecule has 1 unspecified atom stereocenters. The van der Waals surface area contributed by atoms with Gasteiger partial charge in [0, 0.05) is 19.3 Å². The van der Waals surface area contributed by atoms with Gasteiger partial charge in [-0.15, -0.1) is 0 Å². The first-order chi connectivity index (χ1) is 12.2. The number of aliphatic hydroxyl groups is 1. The van der Waals surface area contributed by atoms with Gasteiger partial charge >= 0.3 is 0 Å². The Hall–Kier alpha value is -2.37. The molecule has 2 heterocycles. The van der Waals surface area contributed by atoms with Crippen LogP contribution in [0.4, 0.5) is 5.82 Å². The molecule has 0 aliphatic rings. The second-order valence-electron chi connectivity index (χ2n) is 5.98. The summed E-state index contributed by atoms with van der Waals surface area (Å²) in [6.07, 6.45) is 1.16. The minimum Gasteiger partial charge on any atom is -0.491 e. The molecule has 3 rings (SSSR count). The van der Waals surface area contributed by atoms with Crippen LogP contribution in [0.25, 0.3) is 0 Å². The molecule has 0 amide bonds. The van der Waals surface area contributed by atoms with E-state index < -0.39 is 6.10 Å². The Kier molecular flexibility index (Phi) is 6.04. The van der Waals surface area contributed by atoms with Gasteiger partial charge in [-0.05, 0) is 59.1 Å². The molecule has 0 aliphatic heterocycles. The van der Waals surface area contributed by atoms with E-state index in [4.69, 9.17) is 4.74 Å². The SMILES string of the molecule is Cc1cccc(OCC(O)CN(Cc2ccsc2)c2ccccn2)c1. The smallest absolute Gasteiger partial charge is 0.128 e. The molecule has 5 heteroatoms. The molecule has 0 saturated heterocycles. The molecule has 2 aromatic heterocycles. The summed E-state index contributed by atoms with van der Waals surface area (Å²) in [7, 11) is 0. The van der Waals surface area contributed by atoms with Crippen molar-refractivity contribution in [2.24, 2.45) is 0 Å². The van der Waals surface area contributed by atoms with Gasteiger partial charge in [0.05, 0.1) is 0 Å². The number of aromatic nitrogens is 1. The fourth-order valence-corrected chi connectivity index (χ4v) is 3.25. The average Bonchev–Trinajstić information content (AvgIpc) is 3.13. The van der Waals surface area contributed by atoms with Gasteiger partial charge in [0.2, 0.25) is 0 Å². The second-order valence-corrected chi connectivity index (χ2v) is 6.76. The van der Waals surface area contributed by atoms with Crippen molar-refractivity contribution in [2.45, 2.75) is 19.6 Å². The Bertz CT molecular complexity index is 762. The predicted octanol–water partition coefficient (Wildman–Crippen LogP) is 3.90. The van der Waals surface area contributed by atoms with Gasteiger partial charge in [0.25, 0.3) is 0 Å². The predicted molar refractivity (Wildman–Crippen MR) is 102 cm³/mol. The lowest BCUT2D eigenvalue weighted by Gasteiger charge is -2.26. The number of hydrogen-bond acceptors (Lipinski definition) is 5. The number of ether oxygens (including phenoxy) is 1. The molecule has 25 heavy (non-hydrogen) atoms. The fourth-order valence-electron chi connectivity index (χ4n) is 2.59. The van der Waals surface area contributed by atoms with E-state index in [9.17, 15) is 5.11 Å². The molecule has 3 aromatic rings. The summed E-state index contributed by atoms with van der Waals surface area (Å²) < 4.78 is 5.73. The number of anilines is 1. The number of thiophene rings is 1. The van der Waals surface area contributed by atoms with Crippen LogP contribution >= 0.6 is 11.3 Å². The molecule has 0 saturated carbocycles. The average molecular weight is 354 g/mol. The molecule has 0 bridgehead atoms. The zero-order valence-electron chi connectivity index (χ0n) is 14.2. The first-order valence-electron chi connectivity index (χ1n) is 8.25. The van der Waals surface area contributed by atoms with Crippen LogP contribution in [-0.4, -0.2) is 29.3 Å². The third kappa shape index (κ3) is 5.31. The van der Waals surface area contributed by atoms with E-state index in [2.05, 4.69) is 26.7 Å². The van der Waals surface area contributed by atoms with Crippen molar-refractivity contribution >= 4 is 17.2 Å². The third-order valence-corrected chi connectivity index (χ3v) is 4.52. The van der Waals surface area contributed by atoms with Crippen LogP contribution < -0.4 is 9.64 Å². The quantitative estimate of drug-likeness (QED) is 0.666. The summed E-state index contributed by atoms with van der Waals surface area (Å²) in [6.45, 7) is 3.43. The van der Waals surface area contributed by atoms with Gasteiger partial charge in [0.1, 0.15) is 24.3 Å². The molecule has 0 fully saturated rings. The molecule has 1 atom stereocenters. The molecule has 1 aromatic carbocycles. The zero-order valence-corrected chi connectivity index (χ0v) is 15.0. The summed E-state index contributed by atoms with van der Waals surface area (Å²) in [5.74, 6) is 1.63. The molecule has 0 spiro atoms. The first kappa shape index (κ1) is 17.5. The first-order valence-corrected chi connectivity index (χ1v) is 9.19. The van der Waals surface area contributed by atoms with E-state index in [0.29, 0.717) is 13.1 Å². The number of aryl methyl sites for hydroxylation is 1. The highest BCUT2D eigenvalue weighted by atomic mass is 32.1. The Morgan fingerprint density at radius 1 is 1.20 bits per heavy atom. The van der Waals surface area contributed by atoms with Crippen LogP contribution in [-0.2, 0) is 6.54 Å². The van der Waals surface area contributed by atoms with E-state index in [1.54, 1.807) is 17.5 Å². The minimum absolute atomic E-state index is 0.246. The van der Waals surface area contributed by atoms with Crippen molar-refractivity contribution < 1.29 is 9.84 Å². The van der Waals surface area contributed by atoms with Crippen molar-refractivity contribution in [3.63, 3.8) is 0 Å². The summed E-state index contributed by atoms with van der Waals surface area (Å²) >= 11 is 1.67. The Balaban J connectivity index is 1.62. The molecule has 4 nitrogen and oxygen atoms in total. The Morgan fingerprint density at radius 3 is 2.84 bits per heavy atom. The lowest BCUT2D eigenvalue weighted by atomic mass is 10.2. The molecule has 0 aliphatic carbocycles. The largest absolute Gasteiger partial charge is 0.491 e. The second kappa shape index (κ2) is 8.65. The molecule has 130 valence electrons. The van der Waals surface area contributed by atoms with Crippen molar-refractivity contribution in [3.8, 4) is 5.75 Å². The Labute approximate surface area is 152 Å². The molecule has 1 N–H and O–H groups in total. The minimum atomic E-state index is -0.610. The van der Waals surface area contributed by atoms with E-state index in [1.165, 1.54) is 5.56 Å². The van der Waals surface area contributed by atoms with Gasteiger partial charge in [-0.2, -0.15) is 11.3 Å². The van der Waals surface area contributed by atoms with Crippen molar-refractivity contribution in [1.82, 2.24) is 4.98 Å². The highest BCUT2D eigenvalue weighted by molar-refractivity contribution is 7.07. The summed E-state index contributed by atoms with van der Waals surface area (Å²) in [5.41, 5.74) is 2.35. The van der Waals surface area contributed by atoms with Crippen LogP contribution in [0.5, 0.6) is 5.75 Å². The number of rotatable bonds is 8. The van der Waals surface area contributed by atoms with E-state index in [0.717, 1.165) is 17.1 Å². The number of pyridine rings is 1. The number of benzene rings is 1. The van der Waals surface area contributed by atoms with Gasteiger partial charge in [-0.1, -0.05) is 18.2 Å². The van der Waals surface area contributed by atoms with Crippen LogP contribution in [0, 0.1) is 6.92 Å². The van der Waals surface area contributed by atoms with E-state index in [-0.39, 0.29) is 6.61 Å². The van der Waals surface area contributed by atoms with E-state index >= 15 is 0 Å². The normalized spacial score (nSPS) is 11.9. The monoisotopic (exact) mass is 354 g/mol. The number of aliphatic hydroxyl groups excluding tert-OH is 1. The topological polar surface area (TPSA) is 45.6 Å². The van der Waals surface area contributed by atoms with Crippen molar-refractivity contribution in [1.29, 1.82) is 0 Å². The van der Waals surface area contributed by atoms with Gasteiger partial charge < -0.3 is 14.7 Å². The zero-order chi connectivity index (χ0) is 17.5. The molecular weight excluding hydrogens is 332 g/mol. The maximum atomic E-state index is 10.4. The van der Waals surface area contributed by atoms with Crippen molar-refractivity contribution in [2.75, 3.05) is 18.1 Å². The maximum absolute atomic E-state index is 10.4. The van der Waals surface area contributed by atoms with Crippen LogP contribution in [0.15, 0.2) is 65.5 Å². The summed E-state index contributed by atoms with van der Waals surface area (Å²) in [5, 5.41) is 14.6. The van der Waals surface area contributed by atoms with Crippen LogP contribution in [0.3, 0.4) is 0 Å². The van der Waals surface area contributed by atoms with Crippen LogP contribution in [0.1, 0.15) is 11.1 Å². The summed E-state index contributed by atoms with van der Waals surface area (Å²) in [4.78, 5) is 6.50. The molecule has 0 radical (unpaired) electrons. The standard InChI is InChI=1S/C20H22N2O2S/c1-16-5-4-6-19(11-16)24-14-18(23)13-22(12-17-8-10-25-15-17)20-7-2-3-9-21-20/h2-11,15,18,23H,12-14H2,1H3. The number of hydrogen-bond donors (Lipinski definition) is 1.